The van der Waals surface area contributed by atoms with Gasteiger partial charge >= 0.3 is 60.0 Å². The number of hydrogen-bond acceptors (Lipinski definition) is 1. The van der Waals surface area contributed by atoms with Crippen molar-refractivity contribution in [3.05, 3.63) is 11.9 Å². The molecule has 23 heteroatoms. The van der Waals surface area contributed by atoms with Crippen molar-refractivity contribution in [3.63, 3.8) is 0 Å². The molecule has 0 saturated heterocycles. The summed E-state index contributed by atoms with van der Waals surface area (Å²) in [5.74, 6) is -57.8. The summed E-state index contributed by atoms with van der Waals surface area (Å²) >= 11 is 0. The highest BCUT2D eigenvalue weighted by Gasteiger charge is 2.95. The maximum atomic E-state index is 13.2. The molecule has 0 rings (SSSR count). The van der Waals surface area contributed by atoms with Gasteiger partial charge in [-0.2, -0.15) is 96.6 Å². The Bertz CT molecular complexity index is 781. The van der Waals surface area contributed by atoms with Crippen molar-refractivity contribution < 1.29 is 101 Å². The Morgan fingerprint density at radius 1 is 0.382 bits per heavy atom. The van der Waals surface area contributed by atoms with Crippen LogP contribution in [-0.4, -0.2) is 53.9 Å². The van der Waals surface area contributed by atoms with Gasteiger partial charge in [0.15, 0.2) is 0 Å². The zero-order valence-corrected chi connectivity index (χ0v) is 14.2. The molecule has 0 spiro atoms. The molecular weight excluding hydrogens is 566 g/mol. The van der Waals surface area contributed by atoms with Crippen molar-refractivity contribution >= 4 is 0 Å². The first-order valence-corrected chi connectivity index (χ1v) is 6.82. The van der Waals surface area contributed by atoms with E-state index in [1.54, 1.807) is 0 Å². The van der Waals surface area contributed by atoms with Crippen molar-refractivity contribution in [3.8, 4) is 0 Å². The van der Waals surface area contributed by atoms with Crippen LogP contribution >= 0.6 is 0 Å². The van der Waals surface area contributed by atoms with Gasteiger partial charge in [-0.3, -0.25) is 0 Å². The van der Waals surface area contributed by atoms with Crippen LogP contribution in [-0.2, 0) is 4.74 Å². The minimum Gasteiger partial charge on any atom is -0.244 e. The lowest BCUT2D eigenvalue weighted by Gasteiger charge is -2.42. The van der Waals surface area contributed by atoms with E-state index in [0.29, 0.717) is 0 Å². The molecule has 0 heterocycles. The highest BCUT2D eigenvalue weighted by atomic mass is 19.4. The Morgan fingerprint density at radius 3 is 0.912 bits per heavy atom. The van der Waals surface area contributed by atoms with Gasteiger partial charge in [-0.1, -0.05) is 0 Å². The van der Waals surface area contributed by atoms with Crippen molar-refractivity contribution in [2.75, 3.05) is 0 Å². The molecule has 0 aromatic carbocycles. The lowest BCUT2D eigenvalue weighted by molar-refractivity contribution is -0.494. The van der Waals surface area contributed by atoms with Crippen LogP contribution in [0.15, 0.2) is 11.9 Å². The van der Waals surface area contributed by atoms with Crippen LogP contribution in [0.3, 0.4) is 0 Å². The van der Waals surface area contributed by atoms with E-state index in [9.17, 15) is 96.6 Å². The number of halogens is 22. The zero-order valence-electron chi connectivity index (χ0n) is 14.2. The normalized spacial score (nSPS) is 16.1. The molecule has 0 radical (unpaired) electrons. The van der Waals surface area contributed by atoms with Crippen LogP contribution in [0.5, 0.6) is 0 Å². The molecule has 0 amide bonds. The quantitative estimate of drug-likeness (QED) is 0.261. The van der Waals surface area contributed by atoms with Crippen LogP contribution in [0.4, 0.5) is 96.6 Å². The fraction of sp³-hybridized carbons (Fsp3) is 0.818. The van der Waals surface area contributed by atoms with Crippen LogP contribution < -0.4 is 0 Å². The number of rotatable bonds is 9. The molecule has 0 atom stereocenters. The minimum absolute atomic E-state index is 1.21. The summed E-state index contributed by atoms with van der Waals surface area (Å²) < 4.78 is 280. The predicted molar refractivity (Wildman–Crippen MR) is 57.1 cm³/mol. The summed E-state index contributed by atoms with van der Waals surface area (Å²) in [4.78, 5) is 0. The highest BCUT2D eigenvalue weighted by Crippen LogP contribution is 2.64. The molecule has 0 saturated carbocycles. The van der Waals surface area contributed by atoms with Crippen LogP contribution in [0.1, 0.15) is 0 Å². The number of hydrogen-bond donors (Lipinski definition) is 0. The van der Waals surface area contributed by atoms with Gasteiger partial charge in [0.25, 0.3) is 5.83 Å². The first-order valence-electron chi connectivity index (χ1n) is 6.82. The van der Waals surface area contributed by atoms with Gasteiger partial charge in [-0.25, -0.2) is 4.74 Å². The SMILES string of the molecule is FC(F)=C(F)C(F)(F)OC(F)(F)C(F)(F)C(F)(F)C(F)(F)C(F)(F)C(F)(F)C(F)(F)C(F)(F)F. The Hall–Kier alpha value is -1.84. The second-order valence-corrected chi connectivity index (χ2v) is 5.65. The van der Waals surface area contributed by atoms with Gasteiger partial charge in [0.05, 0.1) is 0 Å². The summed E-state index contributed by atoms with van der Waals surface area (Å²) in [7, 11) is 0. The Labute approximate surface area is 168 Å². The van der Waals surface area contributed by atoms with E-state index >= 15 is 0 Å². The second-order valence-electron chi connectivity index (χ2n) is 5.65. The van der Waals surface area contributed by atoms with E-state index in [-0.39, 0.29) is 0 Å². The molecule has 0 aliphatic carbocycles. The number of ether oxygens (including phenoxy) is 1. The Balaban J connectivity index is 6.81. The van der Waals surface area contributed by atoms with Crippen LogP contribution in [0.25, 0.3) is 0 Å². The molecule has 0 aliphatic rings. The summed E-state index contributed by atoms with van der Waals surface area (Å²) in [6, 6.07) is 0. The van der Waals surface area contributed by atoms with Gasteiger partial charge < -0.3 is 0 Å². The molecule has 0 aliphatic heterocycles. The van der Waals surface area contributed by atoms with E-state index < -0.39 is 65.8 Å². The van der Waals surface area contributed by atoms with E-state index in [0.717, 1.165) is 0 Å². The topological polar surface area (TPSA) is 9.23 Å². The van der Waals surface area contributed by atoms with E-state index in [1.807, 2.05) is 0 Å². The van der Waals surface area contributed by atoms with Crippen molar-refractivity contribution in [1.29, 1.82) is 0 Å². The van der Waals surface area contributed by atoms with E-state index in [4.69, 9.17) is 0 Å². The van der Waals surface area contributed by atoms with Crippen molar-refractivity contribution in [1.82, 2.24) is 0 Å². The largest absolute Gasteiger partial charge is 0.460 e. The molecule has 34 heavy (non-hydrogen) atoms. The molecule has 0 bridgehead atoms. The third-order valence-electron chi connectivity index (χ3n) is 3.37. The molecule has 204 valence electrons. The van der Waals surface area contributed by atoms with Gasteiger partial charge in [0.2, 0.25) is 0 Å². The summed E-state index contributed by atoms with van der Waals surface area (Å²) in [5, 5.41) is 0. The second kappa shape index (κ2) is 8.10. The summed E-state index contributed by atoms with van der Waals surface area (Å²) in [5.41, 5.74) is 0. The van der Waals surface area contributed by atoms with Gasteiger partial charge in [0, 0.05) is 0 Å². The molecule has 0 fully saturated rings. The smallest absolute Gasteiger partial charge is 0.244 e. The third kappa shape index (κ3) is 4.31. The van der Waals surface area contributed by atoms with Crippen LogP contribution in [0, 0.1) is 0 Å². The lowest BCUT2D eigenvalue weighted by Crippen LogP contribution is -2.74. The summed E-state index contributed by atoms with van der Waals surface area (Å²) in [6.45, 7) is 0. The minimum atomic E-state index is -9.11. The fourth-order valence-electron chi connectivity index (χ4n) is 1.53. The molecule has 0 aromatic rings. The van der Waals surface area contributed by atoms with Gasteiger partial charge in [0.1, 0.15) is 0 Å². The Morgan fingerprint density at radius 2 is 0.647 bits per heavy atom. The first-order chi connectivity index (χ1) is 14.3. The van der Waals surface area contributed by atoms with Crippen molar-refractivity contribution in [2.45, 2.75) is 53.9 Å². The highest BCUT2D eigenvalue weighted by molar-refractivity contribution is 5.14. The summed E-state index contributed by atoms with van der Waals surface area (Å²) in [6.07, 6.45) is -27.8. The molecule has 0 N–H and O–H groups in total. The van der Waals surface area contributed by atoms with Crippen LogP contribution in [0.2, 0.25) is 0 Å². The average Bonchev–Trinajstić information content (AvgIpc) is 2.57. The Kier molecular flexibility index (Phi) is 7.66. The molecule has 0 aromatic heterocycles. The van der Waals surface area contributed by atoms with Gasteiger partial charge in [-0.05, 0) is 0 Å². The zero-order chi connectivity index (χ0) is 28.4. The standard InChI is InChI=1S/C11F22O/c12-1(2(13)14)3(15,16)34-11(32,33)9(27,28)7(23,24)5(19,20)4(17,18)6(21,22)8(25,26)10(29,30)31. The molecule has 0 unspecified atom stereocenters. The monoisotopic (exact) mass is 566 g/mol. The first kappa shape index (κ1) is 32.2. The average molecular weight is 566 g/mol. The van der Waals surface area contributed by atoms with Crippen molar-refractivity contribution in [2.24, 2.45) is 0 Å². The lowest BCUT2D eigenvalue weighted by atomic mass is 9.90. The maximum absolute atomic E-state index is 13.2. The van der Waals surface area contributed by atoms with Gasteiger partial charge in [-0.15, -0.1) is 0 Å². The number of alkyl halides is 19. The molecular formula is C11F22O. The third-order valence-corrected chi connectivity index (χ3v) is 3.37. The maximum Gasteiger partial charge on any atom is 0.460 e. The fourth-order valence-corrected chi connectivity index (χ4v) is 1.53. The predicted octanol–water partition coefficient (Wildman–Crippen LogP) is 7.64. The van der Waals surface area contributed by atoms with E-state index in [2.05, 4.69) is 0 Å². The molecule has 1 nitrogen and oxygen atoms in total. The van der Waals surface area contributed by atoms with E-state index in [1.165, 1.54) is 4.74 Å².